The highest BCUT2D eigenvalue weighted by atomic mass is 16.5. The van der Waals surface area contributed by atoms with Gasteiger partial charge in [0.15, 0.2) is 5.78 Å². The van der Waals surface area contributed by atoms with Crippen molar-refractivity contribution in [3.63, 3.8) is 0 Å². The molecule has 3 heteroatoms. The molecule has 2 rings (SSSR count). The number of ether oxygens (including phenoxy) is 1. The van der Waals surface area contributed by atoms with Gasteiger partial charge >= 0.3 is 0 Å². The molecule has 0 fully saturated rings. The van der Waals surface area contributed by atoms with E-state index in [1.54, 1.807) is 6.92 Å². The highest BCUT2D eigenvalue weighted by Gasteiger charge is 2.12. The molecule has 0 saturated carbocycles. The third-order valence-corrected chi connectivity index (χ3v) is 3.86. The predicted octanol–water partition coefficient (Wildman–Crippen LogP) is 4.31. The molecule has 0 heterocycles. The lowest BCUT2D eigenvalue weighted by molar-refractivity contribution is 0.101. The first-order valence-corrected chi connectivity index (χ1v) is 8.17. The molecule has 0 aromatic heterocycles. The summed E-state index contributed by atoms with van der Waals surface area (Å²) in [6, 6.07) is 16.1. The SMILES string of the molecule is CCOc1ccc(C(C)=O)cc1CN(CC)Cc1ccccc1. The van der Waals surface area contributed by atoms with Gasteiger partial charge < -0.3 is 4.74 Å². The van der Waals surface area contributed by atoms with Crippen LogP contribution in [0.5, 0.6) is 5.75 Å². The number of Topliss-reactive ketones (excluding diaryl/α,β-unsaturated/α-hetero) is 1. The molecule has 0 N–H and O–H groups in total. The summed E-state index contributed by atoms with van der Waals surface area (Å²) in [6.45, 7) is 8.93. The largest absolute Gasteiger partial charge is 0.494 e. The predicted molar refractivity (Wildman–Crippen MR) is 93.8 cm³/mol. The van der Waals surface area contributed by atoms with Crippen molar-refractivity contribution < 1.29 is 9.53 Å². The number of ketones is 1. The van der Waals surface area contributed by atoms with Gasteiger partial charge in [0.25, 0.3) is 0 Å². The quantitative estimate of drug-likeness (QED) is 0.680. The third-order valence-electron chi connectivity index (χ3n) is 3.86. The lowest BCUT2D eigenvalue weighted by Crippen LogP contribution is -2.23. The maximum atomic E-state index is 11.7. The van der Waals surface area contributed by atoms with Gasteiger partial charge in [-0.2, -0.15) is 0 Å². The van der Waals surface area contributed by atoms with Crippen LogP contribution in [0.25, 0.3) is 0 Å². The summed E-state index contributed by atoms with van der Waals surface area (Å²) in [7, 11) is 0. The number of benzene rings is 2. The normalized spacial score (nSPS) is 10.8. The van der Waals surface area contributed by atoms with E-state index in [1.807, 2.05) is 31.2 Å². The van der Waals surface area contributed by atoms with Gasteiger partial charge in [0.1, 0.15) is 5.75 Å². The number of carbonyl (C=O) groups excluding carboxylic acids is 1. The second-order valence-corrected chi connectivity index (χ2v) is 5.60. The van der Waals surface area contributed by atoms with Gasteiger partial charge in [0.05, 0.1) is 6.61 Å². The smallest absolute Gasteiger partial charge is 0.159 e. The van der Waals surface area contributed by atoms with Crippen molar-refractivity contribution in [1.82, 2.24) is 4.90 Å². The Labute approximate surface area is 138 Å². The van der Waals surface area contributed by atoms with Gasteiger partial charge in [-0.3, -0.25) is 9.69 Å². The fourth-order valence-corrected chi connectivity index (χ4v) is 2.58. The zero-order valence-corrected chi connectivity index (χ0v) is 14.2. The van der Waals surface area contributed by atoms with Crippen LogP contribution in [0.1, 0.15) is 42.3 Å². The molecule has 3 nitrogen and oxygen atoms in total. The van der Waals surface area contributed by atoms with Crippen molar-refractivity contribution in [2.24, 2.45) is 0 Å². The molecule has 0 saturated heterocycles. The van der Waals surface area contributed by atoms with Crippen molar-refractivity contribution >= 4 is 5.78 Å². The first kappa shape index (κ1) is 17.2. The van der Waals surface area contributed by atoms with E-state index in [-0.39, 0.29) is 5.78 Å². The highest BCUT2D eigenvalue weighted by Crippen LogP contribution is 2.23. The van der Waals surface area contributed by atoms with Crippen molar-refractivity contribution in [3.05, 3.63) is 65.2 Å². The molecule has 0 amide bonds. The third kappa shape index (κ3) is 4.93. The van der Waals surface area contributed by atoms with Crippen LogP contribution in [-0.2, 0) is 13.1 Å². The van der Waals surface area contributed by atoms with Crippen molar-refractivity contribution in [2.75, 3.05) is 13.2 Å². The number of rotatable bonds is 8. The van der Waals surface area contributed by atoms with Crippen molar-refractivity contribution in [2.45, 2.75) is 33.9 Å². The topological polar surface area (TPSA) is 29.5 Å². The Bertz CT molecular complexity index is 637. The molecule has 0 aliphatic heterocycles. The van der Waals surface area contributed by atoms with Gasteiger partial charge in [-0.05, 0) is 44.2 Å². The molecule has 0 aliphatic carbocycles. The summed E-state index contributed by atoms with van der Waals surface area (Å²) in [5.74, 6) is 0.949. The van der Waals surface area contributed by atoms with Gasteiger partial charge in [0, 0.05) is 24.2 Å². The van der Waals surface area contributed by atoms with E-state index in [9.17, 15) is 4.79 Å². The fourth-order valence-electron chi connectivity index (χ4n) is 2.58. The zero-order valence-electron chi connectivity index (χ0n) is 14.2. The van der Waals surface area contributed by atoms with Crippen LogP contribution in [0.3, 0.4) is 0 Å². The molecule has 122 valence electrons. The van der Waals surface area contributed by atoms with E-state index < -0.39 is 0 Å². The average Bonchev–Trinajstić information content (AvgIpc) is 2.56. The summed E-state index contributed by atoms with van der Waals surface area (Å²) >= 11 is 0. The summed E-state index contributed by atoms with van der Waals surface area (Å²) in [5, 5.41) is 0. The second kappa shape index (κ2) is 8.49. The van der Waals surface area contributed by atoms with Crippen molar-refractivity contribution in [3.8, 4) is 5.75 Å². The Morgan fingerprint density at radius 1 is 1.04 bits per heavy atom. The number of hydrogen-bond acceptors (Lipinski definition) is 3. The minimum Gasteiger partial charge on any atom is -0.494 e. The Morgan fingerprint density at radius 2 is 1.78 bits per heavy atom. The maximum Gasteiger partial charge on any atom is 0.159 e. The van der Waals surface area contributed by atoms with Crippen LogP contribution >= 0.6 is 0 Å². The summed E-state index contributed by atoms with van der Waals surface area (Å²) in [6.07, 6.45) is 0. The van der Waals surface area contributed by atoms with Crippen molar-refractivity contribution in [1.29, 1.82) is 0 Å². The molecule has 0 atom stereocenters. The minimum absolute atomic E-state index is 0.0837. The van der Waals surface area contributed by atoms with Gasteiger partial charge in [-0.25, -0.2) is 0 Å². The van der Waals surface area contributed by atoms with E-state index in [0.29, 0.717) is 6.61 Å². The molecule has 23 heavy (non-hydrogen) atoms. The molecule has 2 aromatic rings. The van der Waals surface area contributed by atoms with E-state index in [1.165, 1.54) is 5.56 Å². The van der Waals surface area contributed by atoms with Crippen LogP contribution < -0.4 is 4.74 Å². The second-order valence-electron chi connectivity index (χ2n) is 5.60. The van der Waals surface area contributed by atoms with Crippen LogP contribution in [0.4, 0.5) is 0 Å². The van der Waals surface area contributed by atoms with Gasteiger partial charge in [-0.15, -0.1) is 0 Å². The molecule has 0 unspecified atom stereocenters. The highest BCUT2D eigenvalue weighted by molar-refractivity contribution is 5.94. The Balaban J connectivity index is 2.20. The molecule has 0 bridgehead atoms. The van der Waals surface area contributed by atoms with Gasteiger partial charge in [0.2, 0.25) is 0 Å². The molecule has 0 aliphatic rings. The lowest BCUT2D eigenvalue weighted by Gasteiger charge is -2.22. The lowest BCUT2D eigenvalue weighted by atomic mass is 10.1. The summed E-state index contributed by atoms with van der Waals surface area (Å²) < 4.78 is 5.73. The first-order valence-electron chi connectivity index (χ1n) is 8.17. The summed E-state index contributed by atoms with van der Waals surface area (Å²) in [5.41, 5.74) is 3.09. The zero-order chi connectivity index (χ0) is 16.7. The molecular formula is C20H25NO2. The number of carbonyl (C=O) groups is 1. The monoisotopic (exact) mass is 311 g/mol. The van der Waals surface area contributed by atoms with E-state index in [4.69, 9.17) is 4.74 Å². The summed E-state index contributed by atoms with van der Waals surface area (Å²) in [4.78, 5) is 14.0. The van der Waals surface area contributed by atoms with Crippen LogP contribution in [0.15, 0.2) is 48.5 Å². The Hall–Kier alpha value is -2.13. The Morgan fingerprint density at radius 3 is 2.39 bits per heavy atom. The molecule has 2 aromatic carbocycles. The molecule has 0 spiro atoms. The average molecular weight is 311 g/mol. The minimum atomic E-state index is 0.0837. The number of hydrogen-bond donors (Lipinski definition) is 0. The van der Waals surface area contributed by atoms with E-state index in [0.717, 1.165) is 36.5 Å². The fraction of sp³-hybridized carbons (Fsp3) is 0.350. The Kier molecular flexibility index (Phi) is 6.36. The van der Waals surface area contributed by atoms with E-state index >= 15 is 0 Å². The van der Waals surface area contributed by atoms with Gasteiger partial charge in [-0.1, -0.05) is 37.3 Å². The first-order chi connectivity index (χ1) is 11.1. The van der Waals surface area contributed by atoms with Crippen LogP contribution in [0.2, 0.25) is 0 Å². The molecular weight excluding hydrogens is 286 g/mol. The standard InChI is InChI=1S/C20H25NO2/c1-4-21(14-17-9-7-6-8-10-17)15-19-13-18(16(3)22)11-12-20(19)23-5-2/h6-13H,4-5,14-15H2,1-3H3. The van der Waals surface area contributed by atoms with Crippen LogP contribution in [-0.4, -0.2) is 23.8 Å². The van der Waals surface area contributed by atoms with E-state index in [2.05, 4.69) is 36.1 Å². The number of nitrogens with zero attached hydrogens (tertiary/aromatic N) is 1. The maximum absolute atomic E-state index is 11.7. The van der Waals surface area contributed by atoms with Crippen LogP contribution in [0, 0.1) is 0 Å². The molecule has 0 radical (unpaired) electrons.